The van der Waals surface area contributed by atoms with Gasteiger partial charge in [-0.1, -0.05) is 18.7 Å². The van der Waals surface area contributed by atoms with E-state index in [-0.39, 0.29) is 18.0 Å². The molecule has 0 amide bonds. The number of esters is 1. The number of nitrogens with zero attached hydrogens (tertiary/aromatic N) is 2. The van der Waals surface area contributed by atoms with Gasteiger partial charge in [-0.3, -0.25) is 9.59 Å². The first-order valence-electron chi connectivity index (χ1n) is 8.13. The Kier molecular flexibility index (Phi) is 5.50. The van der Waals surface area contributed by atoms with E-state index in [0.717, 1.165) is 28.1 Å². The van der Waals surface area contributed by atoms with Crippen LogP contribution < -0.4 is 0 Å². The zero-order chi connectivity index (χ0) is 17.1. The minimum absolute atomic E-state index is 0.136. The summed E-state index contributed by atoms with van der Waals surface area (Å²) in [5.41, 5.74) is 1.36. The lowest BCUT2D eigenvalue weighted by Gasteiger charge is -2.18. The fraction of sp³-hybridized carbons (Fsp3) is 0.529. The average Bonchev–Trinajstić information content (AvgIpc) is 2.90. The standard InChI is InChI=1S/C17H20N2O3S2/c1-3-22-14(21)7-11(20)8-23-16-15-12-5-4-10(2)6-13(12)24-17(15)19-9-18-16/h9-10H,3-8H2,1-2H3/t10-/m0/s1. The van der Waals surface area contributed by atoms with Crippen LogP contribution in [0, 0.1) is 5.92 Å². The highest BCUT2D eigenvalue weighted by Gasteiger charge is 2.23. The van der Waals surface area contributed by atoms with E-state index in [0.29, 0.717) is 12.5 Å². The number of carbonyl (C=O) groups excluding carboxylic acids is 2. The number of rotatable bonds is 6. The molecule has 2 heterocycles. The van der Waals surface area contributed by atoms with E-state index in [1.54, 1.807) is 24.6 Å². The van der Waals surface area contributed by atoms with Crippen molar-refractivity contribution in [3.05, 3.63) is 16.8 Å². The first-order chi connectivity index (χ1) is 11.6. The Bertz CT molecular complexity index is 773. The summed E-state index contributed by atoms with van der Waals surface area (Å²) in [4.78, 5) is 34.5. The van der Waals surface area contributed by atoms with Crippen LogP contribution in [-0.4, -0.2) is 34.1 Å². The molecule has 1 aliphatic rings. The Hall–Kier alpha value is -1.47. The molecule has 3 rings (SSSR count). The highest BCUT2D eigenvalue weighted by atomic mass is 32.2. The van der Waals surface area contributed by atoms with E-state index < -0.39 is 5.97 Å². The van der Waals surface area contributed by atoms with Gasteiger partial charge in [-0.2, -0.15) is 0 Å². The third-order valence-corrected chi connectivity index (χ3v) is 6.29. The first-order valence-corrected chi connectivity index (χ1v) is 9.94. The predicted octanol–water partition coefficient (Wildman–Crippen LogP) is 3.43. The molecule has 128 valence electrons. The molecular weight excluding hydrogens is 344 g/mol. The first kappa shape index (κ1) is 17.4. The number of ketones is 1. The van der Waals surface area contributed by atoms with Gasteiger partial charge in [-0.05, 0) is 37.7 Å². The van der Waals surface area contributed by atoms with E-state index in [4.69, 9.17) is 4.74 Å². The number of carbonyl (C=O) groups is 2. The fourth-order valence-corrected chi connectivity index (χ4v) is 5.23. The molecule has 2 aromatic heterocycles. The maximum absolute atomic E-state index is 11.9. The molecule has 0 saturated carbocycles. The highest BCUT2D eigenvalue weighted by molar-refractivity contribution is 8.00. The number of fused-ring (bicyclic) bond motifs is 3. The molecular formula is C17H20N2O3S2. The normalized spacial score (nSPS) is 16.8. The molecule has 0 spiro atoms. The van der Waals surface area contributed by atoms with Gasteiger partial charge < -0.3 is 4.74 Å². The predicted molar refractivity (Wildman–Crippen MR) is 95.6 cm³/mol. The Morgan fingerprint density at radius 2 is 2.25 bits per heavy atom. The summed E-state index contributed by atoms with van der Waals surface area (Å²) in [6.07, 6.45) is 4.72. The number of aromatic nitrogens is 2. The van der Waals surface area contributed by atoms with Crippen LogP contribution in [0.4, 0.5) is 0 Å². The molecule has 0 N–H and O–H groups in total. The number of thiophene rings is 1. The van der Waals surface area contributed by atoms with E-state index in [1.807, 2.05) is 0 Å². The molecule has 0 aromatic carbocycles. The molecule has 7 heteroatoms. The van der Waals surface area contributed by atoms with Crippen molar-refractivity contribution in [3.8, 4) is 0 Å². The Morgan fingerprint density at radius 1 is 1.42 bits per heavy atom. The quantitative estimate of drug-likeness (QED) is 0.338. The largest absolute Gasteiger partial charge is 0.466 e. The summed E-state index contributed by atoms with van der Waals surface area (Å²) in [6, 6.07) is 0. The lowest BCUT2D eigenvalue weighted by molar-refractivity contribution is -0.145. The maximum Gasteiger partial charge on any atom is 0.313 e. The van der Waals surface area contributed by atoms with Gasteiger partial charge in [0.15, 0.2) is 5.78 Å². The number of hydrogen-bond donors (Lipinski definition) is 0. The van der Waals surface area contributed by atoms with Crippen molar-refractivity contribution in [3.63, 3.8) is 0 Å². The van der Waals surface area contributed by atoms with Crippen molar-refractivity contribution in [2.24, 2.45) is 5.92 Å². The molecule has 0 bridgehead atoms. The number of aryl methyl sites for hydroxylation is 1. The van der Waals surface area contributed by atoms with E-state index in [9.17, 15) is 9.59 Å². The minimum atomic E-state index is -0.460. The molecule has 2 aromatic rings. The Balaban J connectivity index is 1.75. The number of ether oxygens (including phenoxy) is 1. The third kappa shape index (κ3) is 3.78. The molecule has 5 nitrogen and oxygen atoms in total. The second-order valence-electron chi connectivity index (χ2n) is 6.02. The third-order valence-electron chi connectivity index (χ3n) is 4.07. The summed E-state index contributed by atoms with van der Waals surface area (Å²) < 4.78 is 4.81. The van der Waals surface area contributed by atoms with Crippen molar-refractivity contribution >= 4 is 45.1 Å². The van der Waals surface area contributed by atoms with Crippen molar-refractivity contribution < 1.29 is 14.3 Å². The van der Waals surface area contributed by atoms with Gasteiger partial charge in [0.2, 0.25) is 0 Å². The molecule has 0 saturated heterocycles. The second kappa shape index (κ2) is 7.61. The van der Waals surface area contributed by atoms with Gasteiger partial charge in [-0.25, -0.2) is 9.97 Å². The van der Waals surface area contributed by atoms with Crippen molar-refractivity contribution in [2.75, 3.05) is 12.4 Å². The summed E-state index contributed by atoms with van der Waals surface area (Å²) in [5.74, 6) is 0.341. The maximum atomic E-state index is 11.9. The Morgan fingerprint density at radius 3 is 3.04 bits per heavy atom. The van der Waals surface area contributed by atoms with E-state index in [1.165, 1.54) is 28.6 Å². The van der Waals surface area contributed by atoms with Crippen molar-refractivity contribution in [1.82, 2.24) is 9.97 Å². The molecule has 1 atom stereocenters. The summed E-state index contributed by atoms with van der Waals surface area (Å²) in [7, 11) is 0. The monoisotopic (exact) mass is 364 g/mol. The number of hydrogen-bond acceptors (Lipinski definition) is 7. The minimum Gasteiger partial charge on any atom is -0.466 e. The van der Waals surface area contributed by atoms with Gasteiger partial charge in [0.05, 0.1) is 12.4 Å². The van der Waals surface area contributed by atoms with E-state index >= 15 is 0 Å². The Labute approximate surface area is 149 Å². The summed E-state index contributed by atoms with van der Waals surface area (Å²) in [5, 5.41) is 1.96. The van der Waals surface area contributed by atoms with Crippen LogP contribution in [0.2, 0.25) is 0 Å². The zero-order valence-electron chi connectivity index (χ0n) is 13.8. The molecule has 24 heavy (non-hydrogen) atoms. The second-order valence-corrected chi connectivity index (χ2v) is 8.07. The van der Waals surface area contributed by atoms with Crippen molar-refractivity contribution in [2.45, 2.75) is 44.6 Å². The SMILES string of the molecule is CCOC(=O)CC(=O)CSc1ncnc2sc3c(c12)CC[C@H](C)C3. The zero-order valence-corrected chi connectivity index (χ0v) is 15.5. The smallest absolute Gasteiger partial charge is 0.313 e. The van der Waals surface area contributed by atoms with Crippen molar-refractivity contribution in [1.29, 1.82) is 0 Å². The van der Waals surface area contributed by atoms with Crippen LogP contribution in [-0.2, 0) is 27.2 Å². The molecule has 0 radical (unpaired) electrons. The van der Waals surface area contributed by atoms with Crippen LogP contribution in [0.1, 0.15) is 37.1 Å². The molecule has 0 unspecified atom stereocenters. The van der Waals surface area contributed by atoms with Gasteiger partial charge in [0, 0.05) is 10.3 Å². The van der Waals surface area contributed by atoms with Gasteiger partial charge >= 0.3 is 5.97 Å². The number of Topliss-reactive ketones (excluding diaryl/α,β-unsaturated/α-hetero) is 1. The molecule has 0 aliphatic heterocycles. The van der Waals surface area contributed by atoms with Gasteiger partial charge in [-0.15, -0.1) is 11.3 Å². The number of thioether (sulfide) groups is 1. The van der Waals surface area contributed by atoms with Gasteiger partial charge in [0.1, 0.15) is 22.6 Å². The van der Waals surface area contributed by atoms with E-state index in [2.05, 4.69) is 16.9 Å². The van der Waals surface area contributed by atoms with Crippen LogP contribution in [0.25, 0.3) is 10.2 Å². The molecule has 0 fully saturated rings. The summed E-state index contributed by atoms with van der Waals surface area (Å²) in [6.45, 7) is 4.31. The lowest BCUT2D eigenvalue weighted by atomic mass is 9.89. The average molecular weight is 364 g/mol. The lowest BCUT2D eigenvalue weighted by Crippen LogP contribution is -2.13. The van der Waals surface area contributed by atoms with Gasteiger partial charge in [0.25, 0.3) is 0 Å². The highest BCUT2D eigenvalue weighted by Crippen LogP contribution is 2.40. The van der Waals surface area contributed by atoms with Crippen LogP contribution in [0.5, 0.6) is 0 Å². The summed E-state index contributed by atoms with van der Waals surface area (Å²) >= 11 is 3.14. The van der Waals surface area contributed by atoms with Crippen LogP contribution in [0.15, 0.2) is 11.4 Å². The van der Waals surface area contributed by atoms with Crippen LogP contribution in [0.3, 0.4) is 0 Å². The molecule has 1 aliphatic carbocycles. The topological polar surface area (TPSA) is 69.2 Å². The van der Waals surface area contributed by atoms with Crippen LogP contribution >= 0.6 is 23.1 Å². The fourth-order valence-electron chi connectivity index (χ4n) is 2.93.